The molecule has 0 aromatic heterocycles. The Hall–Kier alpha value is -3.69. The molecule has 1 N–H and O–H groups in total. The van der Waals surface area contributed by atoms with Gasteiger partial charge in [0, 0.05) is 24.7 Å². The fourth-order valence-electron chi connectivity index (χ4n) is 4.47. The second-order valence-electron chi connectivity index (χ2n) is 9.76. The lowest BCUT2D eigenvalue weighted by Crippen LogP contribution is -2.30. The molecule has 4 rings (SSSR count). The van der Waals surface area contributed by atoms with Crippen LogP contribution in [0.2, 0.25) is 5.02 Å². The molecule has 220 valence electrons. The molecule has 0 fully saturated rings. The third kappa shape index (κ3) is 8.90. The summed E-state index contributed by atoms with van der Waals surface area (Å²) in [5.74, 6) is -0.262. The number of aliphatic hydroxyl groups excluding tert-OH is 1. The van der Waals surface area contributed by atoms with Gasteiger partial charge in [-0.1, -0.05) is 72.3 Å². The number of hydrogen-bond acceptors (Lipinski definition) is 7. The minimum Gasteiger partial charge on any atom is -0.482 e. The summed E-state index contributed by atoms with van der Waals surface area (Å²) in [6.07, 6.45) is -0.0518. The maximum Gasteiger partial charge on any atom is 0.344 e. The van der Waals surface area contributed by atoms with Gasteiger partial charge in [-0.05, 0) is 72.5 Å². The molecule has 0 saturated heterocycles. The van der Waals surface area contributed by atoms with E-state index in [-0.39, 0.29) is 28.8 Å². The zero-order valence-electron chi connectivity index (χ0n) is 23.4. The monoisotopic (exact) mass is 607 g/mol. The molecular formula is C33H34ClNO6S. The largest absolute Gasteiger partial charge is 0.482 e. The summed E-state index contributed by atoms with van der Waals surface area (Å²) in [6.45, 7) is 3.35. The average Bonchev–Trinajstić information content (AvgIpc) is 3.00. The van der Waals surface area contributed by atoms with Crippen molar-refractivity contribution in [1.29, 1.82) is 0 Å². The maximum absolute atomic E-state index is 13.3. The van der Waals surface area contributed by atoms with E-state index in [9.17, 15) is 18.3 Å². The van der Waals surface area contributed by atoms with Gasteiger partial charge in [0.25, 0.3) is 0 Å². The van der Waals surface area contributed by atoms with E-state index >= 15 is 0 Å². The van der Waals surface area contributed by atoms with E-state index in [4.69, 9.17) is 21.1 Å². The molecule has 4 aromatic rings. The molecule has 0 aliphatic carbocycles. The van der Waals surface area contributed by atoms with E-state index in [0.29, 0.717) is 31.1 Å². The van der Waals surface area contributed by atoms with Crippen molar-refractivity contribution >= 4 is 27.4 Å². The predicted molar refractivity (Wildman–Crippen MR) is 162 cm³/mol. The van der Waals surface area contributed by atoms with Gasteiger partial charge in [0.15, 0.2) is 6.61 Å². The van der Waals surface area contributed by atoms with Crippen molar-refractivity contribution in [2.45, 2.75) is 35.8 Å². The Morgan fingerprint density at radius 3 is 2.33 bits per heavy atom. The number of rotatable bonds is 14. The Kier molecular flexibility index (Phi) is 11.1. The molecule has 9 heteroatoms. The predicted octanol–water partition coefficient (Wildman–Crippen LogP) is 5.89. The second kappa shape index (κ2) is 15.0. The van der Waals surface area contributed by atoms with Gasteiger partial charge in [-0.15, -0.1) is 0 Å². The number of carbonyl (C=O) groups excluding carboxylic acids is 1. The molecule has 0 aliphatic heterocycles. The highest BCUT2D eigenvalue weighted by Gasteiger charge is 2.19. The van der Waals surface area contributed by atoms with Crippen LogP contribution in [0.4, 0.5) is 0 Å². The van der Waals surface area contributed by atoms with Crippen molar-refractivity contribution in [1.82, 2.24) is 4.90 Å². The Balaban J connectivity index is 1.43. The molecule has 0 unspecified atom stereocenters. The molecular weight excluding hydrogens is 574 g/mol. The summed E-state index contributed by atoms with van der Waals surface area (Å²) in [4.78, 5) is 14.0. The first kappa shape index (κ1) is 31.3. The van der Waals surface area contributed by atoms with Crippen LogP contribution in [-0.4, -0.2) is 50.7 Å². The Morgan fingerprint density at radius 2 is 1.62 bits per heavy atom. The van der Waals surface area contributed by atoms with Crippen molar-refractivity contribution in [3.8, 4) is 5.75 Å². The van der Waals surface area contributed by atoms with Gasteiger partial charge < -0.3 is 14.6 Å². The van der Waals surface area contributed by atoms with E-state index < -0.39 is 21.9 Å². The van der Waals surface area contributed by atoms with Crippen molar-refractivity contribution in [3.05, 3.63) is 125 Å². The number of nitrogens with zero attached hydrogens (tertiary/aromatic N) is 1. The topological polar surface area (TPSA) is 93.1 Å². The lowest BCUT2D eigenvalue weighted by Gasteiger charge is -2.25. The number of halogens is 1. The van der Waals surface area contributed by atoms with E-state index in [1.807, 2.05) is 42.5 Å². The summed E-state index contributed by atoms with van der Waals surface area (Å²) >= 11 is 6.13. The number of sulfone groups is 1. The molecule has 7 nitrogen and oxygen atoms in total. The third-order valence-corrected chi connectivity index (χ3v) is 8.64. The van der Waals surface area contributed by atoms with Crippen LogP contribution in [0.25, 0.3) is 0 Å². The van der Waals surface area contributed by atoms with Gasteiger partial charge in [0.1, 0.15) is 5.75 Å². The quantitative estimate of drug-likeness (QED) is 0.179. The number of hydrogen-bond donors (Lipinski definition) is 1. The first-order valence-electron chi connectivity index (χ1n) is 13.7. The van der Waals surface area contributed by atoms with Gasteiger partial charge >= 0.3 is 5.97 Å². The van der Waals surface area contributed by atoms with Crippen LogP contribution in [0.5, 0.6) is 5.75 Å². The second-order valence-corrected chi connectivity index (χ2v) is 12.1. The van der Waals surface area contributed by atoms with Crippen LogP contribution >= 0.6 is 11.6 Å². The molecule has 42 heavy (non-hydrogen) atoms. The molecule has 0 radical (unpaired) electrons. The number of esters is 1. The zero-order valence-corrected chi connectivity index (χ0v) is 24.9. The van der Waals surface area contributed by atoms with E-state index in [0.717, 1.165) is 16.7 Å². The van der Waals surface area contributed by atoms with Crippen LogP contribution in [0.3, 0.4) is 0 Å². The van der Waals surface area contributed by atoms with E-state index in [1.54, 1.807) is 43.3 Å². The molecule has 4 aromatic carbocycles. The van der Waals surface area contributed by atoms with Gasteiger partial charge in [-0.25, -0.2) is 13.2 Å². The SMILES string of the molecule is CCOC(=O)COc1cccc(S(=O)(=O)c2ccc(CCN(Cc3ccccc3)C[C@H](O)c3cccc(Cl)c3)cc2)c1. The highest BCUT2D eigenvalue weighted by molar-refractivity contribution is 7.91. The number of benzene rings is 4. The summed E-state index contributed by atoms with van der Waals surface area (Å²) in [7, 11) is -3.80. The molecule has 0 bridgehead atoms. The molecule has 0 spiro atoms. The molecule has 0 aliphatic rings. The fourth-order valence-corrected chi connectivity index (χ4v) is 5.97. The van der Waals surface area contributed by atoms with E-state index in [2.05, 4.69) is 17.0 Å². The van der Waals surface area contributed by atoms with Crippen molar-refractivity contribution in [2.75, 3.05) is 26.3 Å². The molecule has 0 heterocycles. The van der Waals surface area contributed by atoms with Gasteiger partial charge in [0.05, 0.1) is 22.5 Å². The normalized spacial score (nSPS) is 12.2. The first-order chi connectivity index (χ1) is 20.2. The standard InChI is InChI=1S/C33H34ClNO6S/c1-2-40-33(37)24-41-29-12-7-13-31(21-29)42(38,39)30-16-14-25(15-17-30)18-19-35(22-26-8-4-3-5-9-26)23-32(36)27-10-6-11-28(34)20-27/h3-17,20-21,32,36H,2,18-19,22-24H2,1H3/t32-/m0/s1. The van der Waals surface area contributed by atoms with Gasteiger partial charge in [-0.3, -0.25) is 4.90 Å². The number of aliphatic hydroxyl groups is 1. The first-order valence-corrected chi connectivity index (χ1v) is 15.5. The Labute approximate surface area is 252 Å². The van der Waals surface area contributed by atoms with Crippen LogP contribution in [-0.2, 0) is 32.3 Å². The lowest BCUT2D eigenvalue weighted by molar-refractivity contribution is -0.145. The summed E-state index contributed by atoms with van der Waals surface area (Å²) in [5, 5.41) is 11.5. The number of ether oxygens (including phenoxy) is 2. The lowest BCUT2D eigenvalue weighted by atomic mass is 10.1. The smallest absolute Gasteiger partial charge is 0.344 e. The van der Waals surface area contributed by atoms with Gasteiger partial charge in [-0.2, -0.15) is 0 Å². The molecule has 0 saturated carbocycles. The van der Waals surface area contributed by atoms with Crippen molar-refractivity contribution in [3.63, 3.8) is 0 Å². The number of carbonyl (C=O) groups is 1. The summed E-state index contributed by atoms with van der Waals surface area (Å²) < 4.78 is 36.8. The minimum atomic E-state index is -3.80. The van der Waals surface area contributed by atoms with Crippen molar-refractivity contribution < 1.29 is 27.8 Å². The van der Waals surface area contributed by atoms with E-state index in [1.165, 1.54) is 12.1 Å². The zero-order chi connectivity index (χ0) is 30.0. The fraction of sp³-hybridized carbons (Fsp3) is 0.242. The average molecular weight is 608 g/mol. The third-order valence-electron chi connectivity index (χ3n) is 6.64. The van der Waals surface area contributed by atoms with Crippen LogP contribution in [0.1, 0.15) is 29.7 Å². The maximum atomic E-state index is 13.3. The highest BCUT2D eigenvalue weighted by Crippen LogP contribution is 2.25. The van der Waals surface area contributed by atoms with Gasteiger partial charge in [0.2, 0.25) is 9.84 Å². The van der Waals surface area contributed by atoms with Crippen molar-refractivity contribution in [2.24, 2.45) is 0 Å². The Morgan fingerprint density at radius 1 is 0.881 bits per heavy atom. The molecule has 1 atom stereocenters. The highest BCUT2D eigenvalue weighted by atomic mass is 35.5. The molecule has 0 amide bonds. The summed E-state index contributed by atoms with van der Waals surface area (Å²) in [6, 6.07) is 30.1. The van der Waals surface area contributed by atoms with Crippen LogP contribution in [0.15, 0.2) is 113 Å². The van der Waals surface area contributed by atoms with Crippen LogP contribution < -0.4 is 4.74 Å². The summed E-state index contributed by atoms with van der Waals surface area (Å²) in [5.41, 5.74) is 2.85. The Bertz CT molecular complexity index is 1560. The minimum absolute atomic E-state index is 0.0700. The van der Waals surface area contributed by atoms with Crippen LogP contribution in [0, 0.1) is 0 Å².